The largest absolute Gasteiger partial charge is 0.465 e. The van der Waals surface area contributed by atoms with Crippen molar-refractivity contribution < 1.29 is 9.90 Å². The summed E-state index contributed by atoms with van der Waals surface area (Å²) in [6, 6.07) is 6.57. The number of carbonyl (C=O) groups is 1. The molecule has 0 aliphatic rings. The second-order valence-corrected chi connectivity index (χ2v) is 5.09. The lowest BCUT2D eigenvalue weighted by Gasteiger charge is -2.13. The number of aromatic nitrogens is 4. The standard InChI is InChI=1S/C14H12ClN5O2/c1-8(18-14(21)22)13-19-12-10(3-2-6-16-12)20(13)11-5-4-9(15)7-17-11/h2-8,18H,1H3,(H,21,22). The Hall–Kier alpha value is -2.67. The van der Waals surface area contributed by atoms with Crippen molar-refractivity contribution in [2.24, 2.45) is 0 Å². The molecule has 0 aliphatic heterocycles. The molecule has 3 aromatic rings. The van der Waals surface area contributed by atoms with Gasteiger partial charge in [-0.05, 0) is 31.2 Å². The lowest BCUT2D eigenvalue weighted by molar-refractivity contribution is 0.190. The average molecular weight is 318 g/mol. The molecule has 0 saturated heterocycles. The quantitative estimate of drug-likeness (QED) is 0.774. The molecule has 1 atom stereocenters. The molecule has 1 unspecified atom stereocenters. The molecule has 2 N–H and O–H groups in total. The van der Waals surface area contributed by atoms with E-state index in [1.54, 1.807) is 35.9 Å². The predicted octanol–water partition coefficient (Wildman–Crippen LogP) is 2.80. The van der Waals surface area contributed by atoms with Crippen molar-refractivity contribution in [3.63, 3.8) is 0 Å². The fourth-order valence-corrected chi connectivity index (χ4v) is 2.32. The van der Waals surface area contributed by atoms with Crippen molar-refractivity contribution in [1.82, 2.24) is 24.8 Å². The number of nitrogens with zero attached hydrogens (tertiary/aromatic N) is 4. The van der Waals surface area contributed by atoms with Crippen LogP contribution in [0, 0.1) is 0 Å². The maximum atomic E-state index is 10.9. The Morgan fingerprint density at radius 2 is 2.18 bits per heavy atom. The van der Waals surface area contributed by atoms with Gasteiger partial charge in [0, 0.05) is 12.4 Å². The van der Waals surface area contributed by atoms with E-state index in [4.69, 9.17) is 16.7 Å². The van der Waals surface area contributed by atoms with Gasteiger partial charge in [0.05, 0.1) is 16.6 Å². The van der Waals surface area contributed by atoms with E-state index >= 15 is 0 Å². The highest BCUT2D eigenvalue weighted by Crippen LogP contribution is 2.23. The van der Waals surface area contributed by atoms with Gasteiger partial charge < -0.3 is 10.4 Å². The van der Waals surface area contributed by atoms with E-state index in [2.05, 4.69) is 20.3 Å². The third kappa shape index (κ3) is 2.58. The molecular formula is C14H12ClN5O2. The Balaban J connectivity index is 2.20. The summed E-state index contributed by atoms with van der Waals surface area (Å²) in [5.41, 5.74) is 1.26. The van der Waals surface area contributed by atoms with Gasteiger partial charge in [-0.3, -0.25) is 4.57 Å². The summed E-state index contributed by atoms with van der Waals surface area (Å²) in [4.78, 5) is 23.8. The van der Waals surface area contributed by atoms with Crippen molar-refractivity contribution in [3.8, 4) is 5.82 Å². The van der Waals surface area contributed by atoms with E-state index in [0.717, 1.165) is 5.52 Å². The van der Waals surface area contributed by atoms with Crippen LogP contribution < -0.4 is 5.32 Å². The Morgan fingerprint density at radius 3 is 2.86 bits per heavy atom. The number of pyridine rings is 2. The van der Waals surface area contributed by atoms with Gasteiger partial charge in [-0.25, -0.2) is 19.7 Å². The minimum absolute atomic E-state index is 0.505. The van der Waals surface area contributed by atoms with Crippen molar-refractivity contribution in [3.05, 3.63) is 47.5 Å². The molecule has 0 radical (unpaired) electrons. The van der Waals surface area contributed by atoms with E-state index in [1.165, 1.54) is 6.20 Å². The molecule has 1 amide bonds. The first-order valence-electron chi connectivity index (χ1n) is 6.51. The zero-order chi connectivity index (χ0) is 15.7. The van der Waals surface area contributed by atoms with Crippen LogP contribution in [0.15, 0.2) is 36.7 Å². The number of amides is 1. The number of nitrogens with one attached hydrogen (secondary N) is 1. The van der Waals surface area contributed by atoms with E-state index in [0.29, 0.717) is 22.3 Å². The molecular weight excluding hydrogens is 306 g/mol. The maximum absolute atomic E-state index is 10.9. The Morgan fingerprint density at radius 1 is 1.36 bits per heavy atom. The van der Waals surface area contributed by atoms with Gasteiger partial charge in [0.2, 0.25) is 0 Å². The molecule has 7 nitrogen and oxygen atoms in total. The number of fused-ring (bicyclic) bond motifs is 1. The molecule has 112 valence electrons. The molecule has 0 fully saturated rings. The minimum Gasteiger partial charge on any atom is -0.465 e. The van der Waals surface area contributed by atoms with Crippen LogP contribution in [0.1, 0.15) is 18.8 Å². The molecule has 3 rings (SSSR count). The number of rotatable bonds is 3. The lowest BCUT2D eigenvalue weighted by Crippen LogP contribution is -2.26. The SMILES string of the molecule is CC(NC(=O)O)c1nc2ncccc2n1-c1ccc(Cl)cn1. The van der Waals surface area contributed by atoms with Crippen LogP contribution >= 0.6 is 11.6 Å². The summed E-state index contributed by atoms with van der Waals surface area (Å²) in [5, 5.41) is 11.8. The number of hydrogen-bond donors (Lipinski definition) is 2. The van der Waals surface area contributed by atoms with Gasteiger partial charge in [-0.15, -0.1) is 0 Å². The molecule has 0 aliphatic carbocycles. The van der Waals surface area contributed by atoms with Crippen molar-refractivity contribution in [1.29, 1.82) is 0 Å². The van der Waals surface area contributed by atoms with Crippen LogP contribution in [0.4, 0.5) is 4.79 Å². The zero-order valence-electron chi connectivity index (χ0n) is 11.6. The number of halogens is 1. The molecule has 0 saturated carbocycles. The fourth-order valence-electron chi connectivity index (χ4n) is 2.21. The first-order valence-corrected chi connectivity index (χ1v) is 6.89. The van der Waals surface area contributed by atoms with Crippen molar-refractivity contribution >= 4 is 28.9 Å². The number of hydrogen-bond acceptors (Lipinski definition) is 4. The smallest absolute Gasteiger partial charge is 0.405 e. The summed E-state index contributed by atoms with van der Waals surface area (Å²) in [7, 11) is 0. The van der Waals surface area contributed by atoms with E-state index < -0.39 is 12.1 Å². The van der Waals surface area contributed by atoms with Gasteiger partial charge in [0.25, 0.3) is 0 Å². The van der Waals surface area contributed by atoms with Crippen LogP contribution in [0.2, 0.25) is 5.02 Å². The normalized spacial score (nSPS) is 12.3. The molecule has 22 heavy (non-hydrogen) atoms. The summed E-state index contributed by atoms with van der Waals surface area (Å²) >= 11 is 5.87. The third-order valence-corrected chi connectivity index (χ3v) is 3.35. The van der Waals surface area contributed by atoms with Crippen LogP contribution in [-0.2, 0) is 0 Å². The Bertz CT molecular complexity index is 831. The van der Waals surface area contributed by atoms with Crippen molar-refractivity contribution in [2.45, 2.75) is 13.0 Å². The van der Waals surface area contributed by atoms with Gasteiger partial charge >= 0.3 is 6.09 Å². The molecule has 0 aromatic carbocycles. The lowest BCUT2D eigenvalue weighted by atomic mass is 10.3. The zero-order valence-corrected chi connectivity index (χ0v) is 12.3. The first-order chi connectivity index (χ1) is 10.6. The van der Waals surface area contributed by atoms with E-state index in [9.17, 15) is 4.79 Å². The number of carboxylic acid groups (broad SMARTS) is 1. The molecule has 0 bridgehead atoms. The molecule has 3 aromatic heterocycles. The summed E-state index contributed by atoms with van der Waals surface area (Å²) < 4.78 is 1.76. The molecule has 8 heteroatoms. The van der Waals surface area contributed by atoms with Crippen LogP contribution in [0.5, 0.6) is 0 Å². The van der Waals surface area contributed by atoms with E-state index in [-0.39, 0.29) is 0 Å². The highest BCUT2D eigenvalue weighted by Gasteiger charge is 2.20. The van der Waals surface area contributed by atoms with Crippen LogP contribution in [0.25, 0.3) is 17.0 Å². The van der Waals surface area contributed by atoms with Crippen LogP contribution in [-0.4, -0.2) is 30.7 Å². The summed E-state index contributed by atoms with van der Waals surface area (Å²) in [5.74, 6) is 1.10. The van der Waals surface area contributed by atoms with E-state index in [1.807, 2.05) is 6.07 Å². The molecule has 3 heterocycles. The number of imidazole rings is 1. The van der Waals surface area contributed by atoms with Gasteiger partial charge in [-0.2, -0.15) is 0 Å². The highest BCUT2D eigenvalue weighted by molar-refractivity contribution is 6.30. The second kappa shape index (κ2) is 5.61. The first kappa shape index (κ1) is 14.3. The average Bonchev–Trinajstić information content (AvgIpc) is 2.87. The molecule has 0 spiro atoms. The topological polar surface area (TPSA) is 92.9 Å². The fraction of sp³-hybridized carbons (Fsp3) is 0.143. The highest BCUT2D eigenvalue weighted by atomic mass is 35.5. The third-order valence-electron chi connectivity index (χ3n) is 3.12. The van der Waals surface area contributed by atoms with Crippen molar-refractivity contribution in [2.75, 3.05) is 0 Å². The Labute approximate surface area is 130 Å². The Kier molecular flexibility index (Phi) is 3.64. The van der Waals surface area contributed by atoms with Gasteiger partial charge in [-0.1, -0.05) is 11.6 Å². The van der Waals surface area contributed by atoms with Crippen LogP contribution in [0.3, 0.4) is 0 Å². The summed E-state index contributed by atoms with van der Waals surface area (Å²) in [6.45, 7) is 1.71. The second-order valence-electron chi connectivity index (χ2n) is 4.66. The predicted molar refractivity (Wildman–Crippen MR) is 81.2 cm³/mol. The monoisotopic (exact) mass is 317 g/mol. The van der Waals surface area contributed by atoms with Gasteiger partial charge in [0.15, 0.2) is 5.65 Å². The van der Waals surface area contributed by atoms with Gasteiger partial charge in [0.1, 0.15) is 11.6 Å². The summed E-state index contributed by atoms with van der Waals surface area (Å²) in [6.07, 6.45) is 2.04. The maximum Gasteiger partial charge on any atom is 0.405 e. The minimum atomic E-state index is -1.12.